The lowest BCUT2D eigenvalue weighted by Crippen LogP contribution is -2.30. The van der Waals surface area contributed by atoms with E-state index in [1.807, 2.05) is 44.4 Å². The van der Waals surface area contributed by atoms with Crippen molar-refractivity contribution in [3.63, 3.8) is 0 Å². The third-order valence-electron chi connectivity index (χ3n) is 5.33. The highest BCUT2D eigenvalue weighted by Gasteiger charge is 2.18. The van der Waals surface area contributed by atoms with Gasteiger partial charge in [0.15, 0.2) is 11.5 Å². The lowest BCUT2D eigenvalue weighted by atomic mass is 10.1. The molecule has 0 unspecified atom stereocenters. The van der Waals surface area contributed by atoms with Crippen molar-refractivity contribution in [3.8, 4) is 17.2 Å². The van der Waals surface area contributed by atoms with Crippen molar-refractivity contribution < 1.29 is 19.0 Å². The Morgan fingerprint density at radius 2 is 1.68 bits per heavy atom. The van der Waals surface area contributed by atoms with Gasteiger partial charge in [0.05, 0.1) is 20.8 Å². The van der Waals surface area contributed by atoms with Crippen molar-refractivity contribution in [1.82, 2.24) is 14.8 Å². The summed E-state index contributed by atoms with van der Waals surface area (Å²) in [7, 11) is 7.31. The molecule has 0 aliphatic carbocycles. The lowest BCUT2D eigenvalue weighted by Gasteiger charge is -2.24. The molecule has 3 rings (SSSR count). The molecule has 0 saturated heterocycles. The van der Waals surface area contributed by atoms with Gasteiger partial charge in [-0.15, -0.1) is 0 Å². The minimum Gasteiger partial charge on any atom is -0.497 e. The van der Waals surface area contributed by atoms with E-state index in [9.17, 15) is 4.79 Å². The summed E-state index contributed by atoms with van der Waals surface area (Å²) in [5.41, 5.74) is 2.51. The fraction of sp³-hybridized carbons (Fsp3) is 0.333. The summed E-state index contributed by atoms with van der Waals surface area (Å²) >= 11 is 0. The smallest absolute Gasteiger partial charge is 0.254 e. The second-order valence-corrected chi connectivity index (χ2v) is 8.24. The van der Waals surface area contributed by atoms with Crippen LogP contribution < -0.4 is 14.2 Å². The number of carbonyl (C=O) groups excluding carboxylic acids is 1. The van der Waals surface area contributed by atoms with Crippen LogP contribution in [0.15, 0.2) is 67.0 Å². The van der Waals surface area contributed by atoms with Gasteiger partial charge >= 0.3 is 0 Å². The highest BCUT2D eigenvalue weighted by Crippen LogP contribution is 2.29. The highest BCUT2D eigenvalue weighted by atomic mass is 16.5. The zero-order valence-corrected chi connectivity index (χ0v) is 20.4. The van der Waals surface area contributed by atoms with Crippen molar-refractivity contribution in [3.05, 3.63) is 83.7 Å². The Bertz CT molecular complexity index is 1040. The molecular weight excluding hydrogens is 430 g/mol. The molecule has 0 bridgehead atoms. The van der Waals surface area contributed by atoms with Gasteiger partial charge in [0.25, 0.3) is 5.91 Å². The Morgan fingerprint density at radius 3 is 2.32 bits per heavy atom. The first-order chi connectivity index (χ1) is 16.5. The van der Waals surface area contributed by atoms with Crippen LogP contribution in [0.2, 0.25) is 0 Å². The maximum Gasteiger partial charge on any atom is 0.254 e. The SMILES string of the molecule is COc1ccc(C(=O)N(Cc2cccnc2)Cc2ccc(OC)c(OCCCN(C)C)c2)cc1. The minimum atomic E-state index is -0.0734. The van der Waals surface area contributed by atoms with Crippen LogP contribution in [-0.2, 0) is 13.1 Å². The zero-order chi connectivity index (χ0) is 24.3. The van der Waals surface area contributed by atoms with Crippen LogP contribution >= 0.6 is 0 Å². The summed E-state index contributed by atoms with van der Waals surface area (Å²) in [6.45, 7) is 2.38. The second-order valence-electron chi connectivity index (χ2n) is 8.24. The van der Waals surface area contributed by atoms with E-state index in [0.29, 0.717) is 42.5 Å². The van der Waals surface area contributed by atoms with E-state index in [1.165, 1.54) is 0 Å². The summed E-state index contributed by atoms with van der Waals surface area (Å²) in [5.74, 6) is 1.99. The Balaban J connectivity index is 1.81. The molecule has 34 heavy (non-hydrogen) atoms. The molecule has 1 amide bonds. The van der Waals surface area contributed by atoms with Gasteiger partial charge in [0.2, 0.25) is 0 Å². The summed E-state index contributed by atoms with van der Waals surface area (Å²) in [6, 6.07) is 16.8. The molecule has 0 saturated carbocycles. The summed E-state index contributed by atoms with van der Waals surface area (Å²) in [6.07, 6.45) is 4.41. The summed E-state index contributed by atoms with van der Waals surface area (Å²) in [5, 5.41) is 0. The standard InChI is InChI=1S/C27H33N3O4/c1-29(2)15-6-16-34-26-17-21(8-13-25(26)33-4)19-30(20-22-7-5-14-28-18-22)27(31)23-9-11-24(32-3)12-10-23/h5,7-14,17-18H,6,15-16,19-20H2,1-4H3. The topological polar surface area (TPSA) is 64.1 Å². The lowest BCUT2D eigenvalue weighted by molar-refractivity contribution is 0.0729. The first kappa shape index (κ1) is 25.1. The Hall–Kier alpha value is -3.58. The van der Waals surface area contributed by atoms with E-state index < -0.39 is 0 Å². The van der Waals surface area contributed by atoms with Gasteiger partial charge in [-0.3, -0.25) is 9.78 Å². The van der Waals surface area contributed by atoms with Crippen molar-refractivity contribution in [2.45, 2.75) is 19.5 Å². The maximum atomic E-state index is 13.4. The largest absolute Gasteiger partial charge is 0.497 e. The quantitative estimate of drug-likeness (QED) is 0.374. The molecule has 0 aliphatic rings. The number of carbonyl (C=O) groups is 1. The number of benzene rings is 2. The average Bonchev–Trinajstić information content (AvgIpc) is 2.86. The van der Waals surface area contributed by atoms with E-state index in [0.717, 1.165) is 24.1 Å². The van der Waals surface area contributed by atoms with Crippen molar-refractivity contribution in [2.24, 2.45) is 0 Å². The molecular formula is C27H33N3O4. The number of ether oxygens (including phenoxy) is 3. The third kappa shape index (κ3) is 7.22. The fourth-order valence-electron chi connectivity index (χ4n) is 3.54. The molecule has 1 aromatic heterocycles. The van der Waals surface area contributed by atoms with Crippen LogP contribution in [0.4, 0.5) is 0 Å². The molecule has 0 atom stereocenters. The van der Waals surface area contributed by atoms with Crippen LogP contribution in [0.25, 0.3) is 0 Å². The van der Waals surface area contributed by atoms with Gasteiger partial charge < -0.3 is 24.0 Å². The van der Waals surface area contributed by atoms with E-state index in [-0.39, 0.29) is 5.91 Å². The number of rotatable bonds is 12. The van der Waals surface area contributed by atoms with Crippen molar-refractivity contribution >= 4 is 5.91 Å². The number of hydrogen-bond acceptors (Lipinski definition) is 6. The fourth-order valence-corrected chi connectivity index (χ4v) is 3.54. The monoisotopic (exact) mass is 463 g/mol. The van der Waals surface area contributed by atoms with Gasteiger partial charge in [-0.1, -0.05) is 12.1 Å². The van der Waals surface area contributed by atoms with Crippen LogP contribution in [0, 0.1) is 0 Å². The molecule has 0 fully saturated rings. The summed E-state index contributed by atoms with van der Waals surface area (Å²) < 4.78 is 16.7. The molecule has 0 N–H and O–H groups in total. The molecule has 2 aromatic carbocycles. The van der Waals surface area contributed by atoms with Crippen molar-refractivity contribution in [1.29, 1.82) is 0 Å². The number of pyridine rings is 1. The molecule has 7 nitrogen and oxygen atoms in total. The van der Waals surface area contributed by atoms with Crippen LogP contribution in [-0.4, -0.2) is 62.2 Å². The summed E-state index contributed by atoms with van der Waals surface area (Å²) in [4.78, 5) is 21.6. The Morgan fingerprint density at radius 1 is 0.912 bits per heavy atom. The van der Waals surface area contributed by atoms with Gasteiger partial charge in [0.1, 0.15) is 5.75 Å². The normalized spacial score (nSPS) is 10.7. The highest BCUT2D eigenvalue weighted by molar-refractivity contribution is 5.94. The van der Waals surface area contributed by atoms with Gasteiger partial charge in [-0.2, -0.15) is 0 Å². The number of methoxy groups -OCH3 is 2. The average molecular weight is 464 g/mol. The van der Waals surface area contributed by atoms with Gasteiger partial charge in [0, 0.05) is 37.6 Å². The molecule has 0 radical (unpaired) electrons. The Labute approximate surface area is 201 Å². The first-order valence-electron chi connectivity index (χ1n) is 11.3. The van der Waals surface area contributed by atoms with E-state index >= 15 is 0 Å². The second kappa shape index (κ2) is 12.6. The number of aromatic nitrogens is 1. The minimum absolute atomic E-state index is 0.0734. The van der Waals surface area contributed by atoms with Crippen molar-refractivity contribution in [2.75, 3.05) is 41.5 Å². The molecule has 0 aliphatic heterocycles. The Kier molecular flexibility index (Phi) is 9.29. The van der Waals surface area contributed by atoms with E-state index in [2.05, 4.69) is 9.88 Å². The molecule has 0 spiro atoms. The van der Waals surface area contributed by atoms with Crippen LogP contribution in [0.3, 0.4) is 0 Å². The van der Waals surface area contributed by atoms with Crippen LogP contribution in [0.1, 0.15) is 27.9 Å². The maximum absolute atomic E-state index is 13.4. The van der Waals surface area contributed by atoms with Gasteiger partial charge in [-0.25, -0.2) is 0 Å². The molecule has 1 heterocycles. The molecule has 3 aromatic rings. The molecule has 7 heteroatoms. The molecule has 180 valence electrons. The van der Waals surface area contributed by atoms with Crippen LogP contribution in [0.5, 0.6) is 17.2 Å². The predicted octanol–water partition coefficient (Wildman–Crippen LogP) is 4.27. The van der Waals surface area contributed by atoms with E-state index in [1.54, 1.807) is 55.8 Å². The number of amides is 1. The number of nitrogens with zero attached hydrogens (tertiary/aromatic N) is 3. The van der Waals surface area contributed by atoms with Gasteiger partial charge in [-0.05, 0) is 74.1 Å². The predicted molar refractivity (Wildman–Crippen MR) is 132 cm³/mol. The zero-order valence-electron chi connectivity index (χ0n) is 20.4. The first-order valence-corrected chi connectivity index (χ1v) is 11.3. The number of hydrogen-bond donors (Lipinski definition) is 0. The van der Waals surface area contributed by atoms with E-state index in [4.69, 9.17) is 14.2 Å². The third-order valence-corrected chi connectivity index (χ3v) is 5.33.